The fourth-order valence-electron chi connectivity index (χ4n) is 8.09. The zero-order chi connectivity index (χ0) is 31.3. The zero-order valence-corrected chi connectivity index (χ0v) is 26.6. The van der Waals surface area contributed by atoms with Crippen LogP contribution in [0.15, 0.2) is 158 Å². The first-order valence-electron chi connectivity index (χ1n) is 16.4. The third-order valence-electron chi connectivity index (χ3n) is 10.1. The van der Waals surface area contributed by atoms with Crippen LogP contribution < -0.4 is 0 Å². The Bertz CT molecular complexity index is 3130. The second kappa shape index (κ2) is 9.74. The summed E-state index contributed by atoms with van der Waals surface area (Å²) in [6.45, 7) is 0. The molecule has 0 N–H and O–H groups in total. The first kappa shape index (κ1) is 26.1. The maximum absolute atomic E-state index is 5.44. The summed E-state index contributed by atoms with van der Waals surface area (Å²) in [6.07, 6.45) is 0. The number of thiophene rings is 1. The number of fused-ring (bicyclic) bond motifs is 14. The smallest absolute Gasteiger partial charge is 0.0795 e. The van der Waals surface area contributed by atoms with Crippen molar-refractivity contribution in [2.75, 3.05) is 0 Å². The molecule has 11 rings (SSSR count). The Morgan fingerprint density at radius 3 is 1.85 bits per heavy atom. The molecular formula is C45H26N2S. The number of para-hydroxylation sites is 2. The van der Waals surface area contributed by atoms with Crippen LogP contribution in [0.2, 0.25) is 0 Å². The molecule has 3 aromatic heterocycles. The molecule has 3 heteroatoms. The molecule has 0 bridgehead atoms. The number of aromatic nitrogens is 2. The lowest BCUT2D eigenvalue weighted by Gasteiger charge is -2.17. The number of benzene rings is 8. The van der Waals surface area contributed by atoms with E-state index in [2.05, 4.69) is 162 Å². The van der Waals surface area contributed by atoms with Gasteiger partial charge in [0.05, 0.1) is 22.2 Å². The average Bonchev–Trinajstić information content (AvgIpc) is 3.68. The summed E-state index contributed by atoms with van der Waals surface area (Å²) in [4.78, 5) is 5.44. The molecule has 11 aromatic rings. The van der Waals surface area contributed by atoms with E-state index in [9.17, 15) is 0 Å². The second-order valence-corrected chi connectivity index (χ2v) is 13.8. The summed E-state index contributed by atoms with van der Waals surface area (Å²) in [5, 5.41) is 13.9. The van der Waals surface area contributed by atoms with Crippen molar-refractivity contribution in [1.29, 1.82) is 0 Å². The van der Waals surface area contributed by atoms with E-state index in [0.717, 1.165) is 22.5 Å². The van der Waals surface area contributed by atoms with Gasteiger partial charge < -0.3 is 4.57 Å². The van der Waals surface area contributed by atoms with Crippen LogP contribution in [0.4, 0.5) is 0 Å². The first-order chi connectivity index (χ1) is 23.8. The molecule has 48 heavy (non-hydrogen) atoms. The molecule has 0 saturated carbocycles. The number of pyridine rings is 1. The van der Waals surface area contributed by atoms with Crippen molar-refractivity contribution in [3.05, 3.63) is 158 Å². The Kier molecular flexibility index (Phi) is 5.29. The minimum absolute atomic E-state index is 1.01. The van der Waals surface area contributed by atoms with Crippen molar-refractivity contribution in [3.63, 3.8) is 0 Å². The third kappa shape index (κ3) is 3.54. The van der Waals surface area contributed by atoms with Crippen molar-refractivity contribution >= 4 is 96.5 Å². The Labute approximate surface area is 279 Å². The van der Waals surface area contributed by atoms with Gasteiger partial charge in [-0.2, -0.15) is 0 Å². The van der Waals surface area contributed by atoms with Crippen LogP contribution >= 0.6 is 11.3 Å². The van der Waals surface area contributed by atoms with E-state index >= 15 is 0 Å². The Morgan fingerprint density at radius 2 is 1.04 bits per heavy atom. The van der Waals surface area contributed by atoms with E-state index in [1.807, 2.05) is 11.3 Å². The summed E-state index contributed by atoms with van der Waals surface area (Å²) < 4.78 is 5.07. The molecule has 0 radical (unpaired) electrons. The van der Waals surface area contributed by atoms with Gasteiger partial charge in [-0.05, 0) is 64.0 Å². The molecule has 0 aliphatic rings. The normalized spacial score (nSPS) is 12.2. The van der Waals surface area contributed by atoms with E-state index in [4.69, 9.17) is 4.98 Å². The van der Waals surface area contributed by atoms with Crippen molar-refractivity contribution in [3.8, 4) is 16.9 Å². The summed E-state index contributed by atoms with van der Waals surface area (Å²) in [7, 11) is 0. The zero-order valence-electron chi connectivity index (χ0n) is 25.8. The molecule has 8 aromatic carbocycles. The van der Waals surface area contributed by atoms with Crippen molar-refractivity contribution in [2.45, 2.75) is 0 Å². The minimum atomic E-state index is 1.01. The van der Waals surface area contributed by atoms with Crippen molar-refractivity contribution in [1.82, 2.24) is 9.55 Å². The topological polar surface area (TPSA) is 17.8 Å². The highest BCUT2D eigenvalue weighted by Crippen LogP contribution is 2.44. The van der Waals surface area contributed by atoms with E-state index in [1.54, 1.807) is 0 Å². The van der Waals surface area contributed by atoms with Crippen LogP contribution in [-0.2, 0) is 0 Å². The van der Waals surface area contributed by atoms with Gasteiger partial charge in [0.25, 0.3) is 0 Å². The second-order valence-electron chi connectivity index (χ2n) is 12.7. The SMILES string of the molecule is c1cc(-c2nc3ccccc3c3c4ccccc4c4ccccc4c23)cc(-n2c3ccccc3c3cc4c(cc32)sc2ccccc24)c1. The summed E-state index contributed by atoms with van der Waals surface area (Å²) in [6, 6.07) is 57.6. The largest absolute Gasteiger partial charge is 0.309 e. The first-order valence-corrected chi connectivity index (χ1v) is 17.2. The molecule has 0 aliphatic heterocycles. The highest BCUT2D eigenvalue weighted by atomic mass is 32.1. The van der Waals surface area contributed by atoms with Gasteiger partial charge in [0.2, 0.25) is 0 Å². The number of hydrogen-bond acceptors (Lipinski definition) is 2. The number of hydrogen-bond donors (Lipinski definition) is 0. The van der Waals surface area contributed by atoms with Crippen LogP contribution in [0, 0.1) is 0 Å². The predicted octanol–water partition coefficient (Wildman–Crippen LogP) is 12.8. The summed E-state index contributed by atoms with van der Waals surface area (Å²) in [5.74, 6) is 0. The molecule has 0 aliphatic carbocycles. The van der Waals surface area contributed by atoms with Gasteiger partial charge >= 0.3 is 0 Å². The van der Waals surface area contributed by atoms with Crippen LogP contribution in [0.3, 0.4) is 0 Å². The molecule has 2 nitrogen and oxygen atoms in total. The quantitative estimate of drug-likeness (QED) is 0.175. The van der Waals surface area contributed by atoms with Gasteiger partial charge in [-0.25, -0.2) is 4.98 Å². The molecule has 0 amide bonds. The van der Waals surface area contributed by atoms with E-state index in [1.165, 1.54) is 79.7 Å². The van der Waals surface area contributed by atoms with Crippen molar-refractivity contribution in [2.24, 2.45) is 0 Å². The highest BCUT2D eigenvalue weighted by molar-refractivity contribution is 7.25. The number of nitrogens with zero attached hydrogens (tertiary/aromatic N) is 2. The van der Waals surface area contributed by atoms with Gasteiger partial charge in [-0.1, -0.05) is 115 Å². The van der Waals surface area contributed by atoms with E-state index in [-0.39, 0.29) is 0 Å². The number of rotatable bonds is 2. The predicted molar refractivity (Wildman–Crippen MR) is 207 cm³/mol. The summed E-state index contributed by atoms with van der Waals surface area (Å²) >= 11 is 1.87. The molecule has 0 atom stereocenters. The Morgan fingerprint density at radius 1 is 0.396 bits per heavy atom. The Balaban J connectivity index is 1.25. The highest BCUT2D eigenvalue weighted by Gasteiger charge is 2.19. The van der Waals surface area contributed by atoms with Gasteiger partial charge in [0, 0.05) is 58.4 Å². The summed E-state index contributed by atoms with van der Waals surface area (Å²) in [5.41, 5.74) is 6.69. The average molecular weight is 627 g/mol. The van der Waals surface area contributed by atoms with Crippen LogP contribution in [-0.4, -0.2) is 9.55 Å². The van der Waals surface area contributed by atoms with Gasteiger partial charge in [0.15, 0.2) is 0 Å². The van der Waals surface area contributed by atoms with E-state index in [0.29, 0.717) is 0 Å². The maximum Gasteiger partial charge on any atom is 0.0795 e. The molecular weight excluding hydrogens is 601 g/mol. The minimum Gasteiger partial charge on any atom is -0.309 e. The third-order valence-corrected chi connectivity index (χ3v) is 11.3. The van der Waals surface area contributed by atoms with Gasteiger partial charge in [-0.3, -0.25) is 0 Å². The van der Waals surface area contributed by atoms with Gasteiger partial charge in [0.1, 0.15) is 0 Å². The lowest BCUT2D eigenvalue weighted by atomic mass is 9.90. The van der Waals surface area contributed by atoms with Gasteiger partial charge in [-0.15, -0.1) is 11.3 Å². The molecule has 0 fully saturated rings. The van der Waals surface area contributed by atoms with Crippen LogP contribution in [0.25, 0.3) is 102 Å². The fourth-order valence-corrected chi connectivity index (χ4v) is 9.21. The lowest BCUT2D eigenvalue weighted by Crippen LogP contribution is -1.96. The molecule has 3 heterocycles. The van der Waals surface area contributed by atoms with Crippen LogP contribution in [0.5, 0.6) is 0 Å². The molecule has 0 saturated heterocycles. The van der Waals surface area contributed by atoms with Crippen LogP contribution in [0.1, 0.15) is 0 Å². The van der Waals surface area contributed by atoms with Crippen molar-refractivity contribution < 1.29 is 0 Å². The standard InChI is InChI=1S/C45H26N2S/c1-3-18-33-29(14-1)30-15-2-4-19-34(30)44-43(33)35-20-5-8-21-38(35)46-45(44)27-12-11-13-28(24-27)47-39-22-9-6-16-31(39)36-25-37-32-17-7-10-23-41(32)48-42(37)26-40(36)47/h1-26H. The Hall–Kier alpha value is -6.03. The lowest BCUT2D eigenvalue weighted by molar-refractivity contribution is 1.18. The molecule has 0 spiro atoms. The maximum atomic E-state index is 5.44. The molecule has 0 unspecified atom stereocenters. The monoisotopic (exact) mass is 626 g/mol. The fraction of sp³-hybridized carbons (Fsp3) is 0. The van der Waals surface area contributed by atoms with E-state index < -0.39 is 0 Å². The molecule has 222 valence electrons.